The zero-order chi connectivity index (χ0) is 16.4. The molecule has 0 saturated heterocycles. The van der Waals surface area contributed by atoms with E-state index in [0.717, 1.165) is 25.2 Å². The Bertz CT molecular complexity index is 522. The Morgan fingerprint density at radius 2 is 1.87 bits per heavy atom. The molecule has 3 N–H and O–H groups in total. The number of rotatable bonds is 7. The maximum absolute atomic E-state index is 12.0. The Morgan fingerprint density at radius 3 is 2.35 bits per heavy atom. The highest BCUT2D eigenvalue weighted by Gasteiger charge is 2.46. The van der Waals surface area contributed by atoms with Crippen LogP contribution in [0.15, 0.2) is 24.3 Å². The molecule has 5 heteroatoms. The van der Waals surface area contributed by atoms with Gasteiger partial charge in [-0.1, -0.05) is 39.8 Å². The number of nitrogens with one attached hydrogen (secondary N) is 1. The summed E-state index contributed by atoms with van der Waals surface area (Å²) in [6, 6.07) is 8.12. The van der Waals surface area contributed by atoms with Crippen LogP contribution in [0.3, 0.4) is 0 Å². The van der Waals surface area contributed by atoms with E-state index in [4.69, 9.17) is 10.5 Å². The quantitative estimate of drug-likeness (QED) is 0.801. The molecule has 0 aromatic heterocycles. The van der Waals surface area contributed by atoms with Crippen molar-refractivity contribution in [3.05, 3.63) is 29.8 Å². The number of amides is 1. The van der Waals surface area contributed by atoms with Crippen LogP contribution >= 0.6 is 12.4 Å². The fraction of sp³-hybridized carbons (Fsp3) is 0.611. The minimum absolute atomic E-state index is 0. The van der Waals surface area contributed by atoms with Gasteiger partial charge in [-0.15, -0.1) is 12.4 Å². The summed E-state index contributed by atoms with van der Waals surface area (Å²) in [5, 5.41) is 2.98. The van der Waals surface area contributed by atoms with Gasteiger partial charge in [0, 0.05) is 12.0 Å². The Labute approximate surface area is 145 Å². The first-order chi connectivity index (χ1) is 10.2. The summed E-state index contributed by atoms with van der Waals surface area (Å²) in [6.07, 6.45) is 1.59. The Balaban J connectivity index is 0.00000264. The Hall–Kier alpha value is -1.26. The van der Waals surface area contributed by atoms with Crippen LogP contribution < -0.4 is 15.8 Å². The molecule has 0 unspecified atom stereocenters. The second kappa shape index (κ2) is 7.54. The van der Waals surface area contributed by atoms with Crippen LogP contribution in [0.25, 0.3) is 0 Å². The number of hydrogen-bond donors (Lipinski definition) is 2. The predicted molar refractivity (Wildman–Crippen MR) is 96.2 cm³/mol. The van der Waals surface area contributed by atoms with Gasteiger partial charge in [-0.05, 0) is 36.5 Å². The molecule has 0 atom stereocenters. The molecule has 23 heavy (non-hydrogen) atoms. The molecule has 1 aliphatic rings. The lowest BCUT2D eigenvalue weighted by atomic mass is 9.84. The van der Waals surface area contributed by atoms with Crippen molar-refractivity contribution in [3.8, 4) is 5.75 Å². The van der Waals surface area contributed by atoms with Crippen molar-refractivity contribution in [1.82, 2.24) is 5.32 Å². The van der Waals surface area contributed by atoms with Gasteiger partial charge in [0.2, 0.25) is 5.91 Å². The summed E-state index contributed by atoms with van der Waals surface area (Å²) < 4.78 is 5.70. The maximum atomic E-state index is 12.0. The molecule has 0 spiro atoms. The number of nitrogens with two attached hydrogens (primary N) is 1. The molecule has 1 aromatic rings. The number of halogens is 1. The minimum atomic E-state index is -0.607. The first-order valence-corrected chi connectivity index (χ1v) is 8.03. The fourth-order valence-electron chi connectivity index (χ4n) is 2.21. The van der Waals surface area contributed by atoms with Crippen molar-refractivity contribution in [1.29, 1.82) is 0 Å². The van der Waals surface area contributed by atoms with Gasteiger partial charge in [-0.3, -0.25) is 4.79 Å². The molecule has 0 radical (unpaired) electrons. The molecule has 1 amide bonds. The maximum Gasteiger partial charge on any atom is 0.240 e. The van der Waals surface area contributed by atoms with Crippen molar-refractivity contribution in [3.63, 3.8) is 0 Å². The lowest BCUT2D eigenvalue weighted by Crippen LogP contribution is -2.46. The van der Waals surface area contributed by atoms with Gasteiger partial charge in [-0.2, -0.15) is 0 Å². The Morgan fingerprint density at radius 1 is 1.30 bits per heavy atom. The minimum Gasteiger partial charge on any atom is -0.493 e. The molecule has 1 aliphatic carbocycles. The molecule has 1 fully saturated rings. The zero-order valence-electron chi connectivity index (χ0n) is 14.5. The van der Waals surface area contributed by atoms with E-state index in [0.29, 0.717) is 12.5 Å². The van der Waals surface area contributed by atoms with E-state index >= 15 is 0 Å². The average molecular weight is 341 g/mol. The van der Waals surface area contributed by atoms with Gasteiger partial charge in [-0.25, -0.2) is 0 Å². The normalized spacial score (nSPS) is 15.7. The summed E-state index contributed by atoms with van der Waals surface area (Å²) in [5.74, 6) is 1.37. The van der Waals surface area contributed by atoms with E-state index in [9.17, 15) is 4.79 Å². The third-order valence-electron chi connectivity index (χ3n) is 4.15. The highest BCUT2D eigenvalue weighted by molar-refractivity contribution is 5.89. The van der Waals surface area contributed by atoms with Crippen molar-refractivity contribution in [2.45, 2.75) is 51.5 Å². The van der Waals surface area contributed by atoms with Crippen LogP contribution in [0.5, 0.6) is 5.75 Å². The van der Waals surface area contributed by atoms with Crippen molar-refractivity contribution in [2.24, 2.45) is 11.7 Å². The summed E-state index contributed by atoms with van der Waals surface area (Å²) in [5.41, 5.74) is 6.33. The summed E-state index contributed by atoms with van der Waals surface area (Å²) in [4.78, 5) is 12.0. The van der Waals surface area contributed by atoms with Gasteiger partial charge >= 0.3 is 0 Å². The molecule has 2 rings (SSSR count). The van der Waals surface area contributed by atoms with E-state index in [1.807, 2.05) is 12.1 Å². The van der Waals surface area contributed by atoms with Gasteiger partial charge in [0.15, 0.2) is 0 Å². The molecule has 0 aliphatic heterocycles. The highest BCUT2D eigenvalue weighted by atomic mass is 35.5. The van der Waals surface area contributed by atoms with Gasteiger partial charge in [0.1, 0.15) is 5.75 Å². The number of benzene rings is 1. The van der Waals surface area contributed by atoms with E-state index in [1.54, 1.807) is 0 Å². The van der Waals surface area contributed by atoms with Gasteiger partial charge in [0.05, 0.1) is 12.1 Å². The standard InChI is InChI=1S/C18H28N2O2.ClH/c1-13(2)11-22-15-7-5-14(6-8-15)17(3,4)12-20-16(21)18(19)9-10-18;/h5-8,13H,9-12,19H2,1-4H3,(H,20,21);1H. The number of hydrogen-bond acceptors (Lipinski definition) is 3. The fourth-order valence-corrected chi connectivity index (χ4v) is 2.21. The average Bonchev–Trinajstić information content (AvgIpc) is 3.22. The van der Waals surface area contributed by atoms with Crippen molar-refractivity contribution < 1.29 is 9.53 Å². The topological polar surface area (TPSA) is 64.3 Å². The molecule has 1 aromatic carbocycles. The second-order valence-electron chi connectivity index (χ2n) is 7.45. The highest BCUT2D eigenvalue weighted by Crippen LogP contribution is 2.32. The molecular formula is C18H29ClN2O2. The first-order valence-electron chi connectivity index (χ1n) is 8.03. The Kier molecular flexibility index (Phi) is 6.49. The van der Waals surface area contributed by atoms with Crippen molar-refractivity contribution in [2.75, 3.05) is 13.2 Å². The van der Waals surface area contributed by atoms with Crippen LogP contribution in [0.2, 0.25) is 0 Å². The van der Waals surface area contributed by atoms with Crippen LogP contribution in [0.4, 0.5) is 0 Å². The monoisotopic (exact) mass is 340 g/mol. The zero-order valence-corrected chi connectivity index (χ0v) is 15.3. The number of carbonyl (C=O) groups excluding carboxylic acids is 1. The lowest BCUT2D eigenvalue weighted by molar-refractivity contribution is -0.123. The second-order valence-corrected chi connectivity index (χ2v) is 7.45. The van der Waals surface area contributed by atoms with Crippen LogP contribution in [0.1, 0.15) is 46.1 Å². The molecule has 0 heterocycles. The van der Waals surface area contributed by atoms with Gasteiger partial charge < -0.3 is 15.8 Å². The number of carbonyl (C=O) groups is 1. The van der Waals surface area contributed by atoms with Gasteiger partial charge in [0.25, 0.3) is 0 Å². The van der Waals surface area contributed by atoms with Crippen LogP contribution in [0, 0.1) is 5.92 Å². The third kappa shape index (κ3) is 5.40. The molecular weight excluding hydrogens is 312 g/mol. The smallest absolute Gasteiger partial charge is 0.240 e. The molecule has 130 valence electrons. The third-order valence-corrected chi connectivity index (χ3v) is 4.15. The summed E-state index contributed by atoms with van der Waals surface area (Å²) in [7, 11) is 0. The number of ether oxygens (including phenoxy) is 1. The van der Waals surface area contributed by atoms with Crippen molar-refractivity contribution >= 4 is 18.3 Å². The first kappa shape index (κ1) is 19.8. The van der Waals surface area contributed by atoms with E-state index in [1.165, 1.54) is 5.56 Å². The van der Waals surface area contributed by atoms with E-state index in [2.05, 4.69) is 45.1 Å². The summed E-state index contributed by atoms with van der Waals surface area (Å²) in [6.45, 7) is 9.80. The summed E-state index contributed by atoms with van der Waals surface area (Å²) >= 11 is 0. The predicted octanol–water partition coefficient (Wildman–Crippen LogP) is 3.03. The van der Waals surface area contributed by atoms with E-state index < -0.39 is 5.54 Å². The molecule has 1 saturated carbocycles. The van der Waals surface area contributed by atoms with E-state index in [-0.39, 0.29) is 23.7 Å². The SMILES string of the molecule is CC(C)COc1ccc(C(C)(C)CNC(=O)C2(N)CC2)cc1.Cl. The lowest BCUT2D eigenvalue weighted by Gasteiger charge is -2.26. The van der Waals surface area contributed by atoms with Crippen LogP contribution in [-0.4, -0.2) is 24.6 Å². The largest absolute Gasteiger partial charge is 0.493 e. The molecule has 0 bridgehead atoms. The molecule has 4 nitrogen and oxygen atoms in total. The van der Waals surface area contributed by atoms with Crippen LogP contribution in [-0.2, 0) is 10.2 Å².